The first kappa shape index (κ1) is 24.6. The number of benzene rings is 3. The minimum absolute atomic E-state index is 0.230. The van der Waals surface area contributed by atoms with E-state index >= 15 is 0 Å². The second-order valence-electron chi connectivity index (χ2n) is 8.88. The highest BCUT2D eigenvalue weighted by molar-refractivity contribution is 9.10. The van der Waals surface area contributed by atoms with Crippen LogP contribution < -0.4 is 5.32 Å². The van der Waals surface area contributed by atoms with E-state index < -0.39 is 0 Å². The highest BCUT2D eigenvalue weighted by atomic mass is 79.9. The predicted octanol–water partition coefficient (Wildman–Crippen LogP) is 9.13. The zero-order chi connectivity index (χ0) is 25.4. The van der Waals surface area contributed by atoms with Gasteiger partial charge in [0.2, 0.25) is 0 Å². The van der Waals surface area contributed by atoms with E-state index in [9.17, 15) is 4.79 Å². The summed E-state index contributed by atoms with van der Waals surface area (Å²) in [6.45, 7) is 6.38. The largest absolute Gasteiger partial charge is 0.298 e. The van der Waals surface area contributed by atoms with Crippen molar-refractivity contribution >= 4 is 60.8 Å². The molecule has 0 fully saturated rings. The van der Waals surface area contributed by atoms with E-state index in [1.807, 2.05) is 55.5 Å². The summed E-state index contributed by atoms with van der Waals surface area (Å²) >= 11 is 11.1. The van der Waals surface area contributed by atoms with Crippen LogP contribution in [0.15, 0.2) is 77.3 Å². The summed E-state index contributed by atoms with van der Waals surface area (Å²) in [6, 6.07) is 23.4. The lowest BCUT2D eigenvalue weighted by Crippen LogP contribution is -2.13. The van der Waals surface area contributed by atoms with Crippen LogP contribution in [0, 0.1) is 6.92 Å². The number of hydrogen-bond acceptors (Lipinski definition) is 4. The molecule has 0 unspecified atom stereocenters. The number of hydrogen-bond donors (Lipinski definition) is 1. The van der Waals surface area contributed by atoms with E-state index in [1.54, 1.807) is 0 Å². The van der Waals surface area contributed by atoms with Crippen LogP contribution in [0.25, 0.3) is 33.4 Å². The first-order valence-corrected chi connectivity index (χ1v) is 13.5. The SMILES string of the molecule is Cc1sc(NC(=O)c2cc(-c3ccc(Cl)cc3)nc3ccc(Br)cc23)nc1-c1ccc(C(C)C)cc1. The predicted molar refractivity (Wildman–Crippen MR) is 154 cm³/mol. The molecule has 2 aromatic heterocycles. The first-order valence-electron chi connectivity index (χ1n) is 11.5. The van der Waals surface area contributed by atoms with Gasteiger partial charge in [0.15, 0.2) is 5.13 Å². The molecule has 1 N–H and O–H groups in total. The molecule has 180 valence electrons. The molecule has 0 spiro atoms. The molecule has 0 bridgehead atoms. The molecule has 5 rings (SSSR count). The number of thiazole rings is 1. The Kier molecular flexibility index (Phi) is 6.93. The third-order valence-electron chi connectivity index (χ3n) is 6.02. The maximum Gasteiger partial charge on any atom is 0.258 e. The Hall–Kier alpha value is -3.06. The van der Waals surface area contributed by atoms with E-state index in [2.05, 4.69) is 59.4 Å². The number of fused-ring (bicyclic) bond motifs is 1. The maximum atomic E-state index is 13.5. The molecule has 0 saturated carbocycles. The quantitative estimate of drug-likeness (QED) is 0.227. The highest BCUT2D eigenvalue weighted by Gasteiger charge is 2.18. The van der Waals surface area contributed by atoms with Gasteiger partial charge in [-0.2, -0.15) is 0 Å². The van der Waals surface area contributed by atoms with Crippen LogP contribution in [0.3, 0.4) is 0 Å². The molecule has 2 heterocycles. The second-order valence-corrected chi connectivity index (χ2v) is 11.4. The summed E-state index contributed by atoms with van der Waals surface area (Å²) in [5.41, 5.74) is 6.06. The van der Waals surface area contributed by atoms with Crippen molar-refractivity contribution in [2.24, 2.45) is 0 Å². The van der Waals surface area contributed by atoms with E-state index in [0.29, 0.717) is 27.3 Å². The molecular weight excluding hydrogens is 554 g/mol. The van der Waals surface area contributed by atoms with Crippen molar-refractivity contribution in [3.63, 3.8) is 0 Å². The van der Waals surface area contributed by atoms with Gasteiger partial charge in [0.1, 0.15) is 0 Å². The van der Waals surface area contributed by atoms with Gasteiger partial charge in [0.25, 0.3) is 5.91 Å². The van der Waals surface area contributed by atoms with Crippen LogP contribution >= 0.6 is 38.9 Å². The molecule has 0 saturated heterocycles. The smallest absolute Gasteiger partial charge is 0.258 e. The molecule has 4 nitrogen and oxygen atoms in total. The van der Waals surface area contributed by atoms with Crippen molar-refractivity contribution in [3.8, 4) is 22.5 Å². The third kappa shape index (κ3) is 5.07. The minimum Gasteiger partial charge on any atom is -0.298 e. The molecule has 5 aromatic rings. The Balaban J connectivity index is 1.50. The van der Waals surface area contributed by atoms with Gasteiger partial charge in [-0.05, 0) is 54.8 Å². The van der Waals surface area contributed by atoms with Crippen LogP contribution in [-0.2, 0) is 0 Å². The standard InChI is InChI=1S/C29H23BrClN3OS/c1-16(2)18-4-6-20(7-5-18)27-17(3)36-29(33-27)34-28(35)24-15-26(19-8-11-22(31)12-9-19)32-25-13-10-21(30)14-23(24)25/h4-16H,1-3H3,(H,33,34,35). The molecule has 0 aliphatic carbocycles. The fraction of sp³-hybridized carbons (Fsp3) is 0.138. The summed E-state index contributed by atoms with van der Waals surface area (Å²) in [4.78, 5) is 24.1. The van der Waals surface area contributed by atoms with Crippen molar-refractivity contribution in [3.05, 3.63) is 98.3 Å². The number of halogens is 2. The Morgan fingerprint density at radius 2 is 1.64 bits per heavy atom. The van der Waals surface area contributed by atoms with Crippen LogP contribution in [-0.4, -0.2) is 15.9 Å². The lowest BCUT2D eigenvalue weighted by molar-refractivity contribution is 0.102. The Morgan fingerprint density at radius 1 is 0.944 bits per heavy atom. The molecule has 0 aliphatic rings. The van der Waals surface area contributed by atoms with E-state index in [0.717, 1.165) is 37.1 Å². The first-order chi connectivity index (χ1) is 17.3. The molecule has 0 radical (unpaired) electrons. The third-order valence-corrected chi connectivity index (χ3v) is 7.65. The fourth-order valence-corrected chi connectivity index (χ4v) is 5.38. The highest BCUT2D eigenvalue weighted by Crippen LogP contribution is 2.33. The normalized spacial score (nSPS) is 11.3. The average Bonchev–Trinajstić information content (AvgIpc) is 3.23. The fourth-order valence-electron chi connectivity index (χ4n) is 4.06. The number of aryl methyl sites for hydroxylation is 1. The van der Waals surface area contributed by atoms with Crippen LogP contribution in [0.2, 0.25) is 5.02 Å². The molecule has 7 heteroatoms. The van der Waals surface area contributed by atoms with Gasteiger partial charge in [-0.3, -0.25) is 10.1 Å². The average molecular weight is 577 g/mol. The summed E-state index contributed by atoms with van der Waals surface area (Å²) in [7, 11) is 0. The van der Waals surface area contributed by atoms with Crippen molar-refractivity contribution < 1.29 is 4.79 Å². The molecular formula is C29H23BrClN3OS. The van der Waals surface area contributed by atoms with E-state index in [4.69, 9.17) is 21.6 Å². The maximum absolute atomic E-state index is 13.5. The lowest BCUT2D eigenvalue weighted by atomic mass is 10.0. The number of anilines is 1. The summed E-state index contributed by atoms with van der Waals surface area (Å²) in [5, 5.41) is 5.00. The Labute approximate surface area is 227 Å². The molecule has 1 amide bonds. The van der Waals surface area contributed by atoms with E-state index in [1.165, 1.54) is 16.9 Å². The molecule has 36 heavy (non-hydrogen) atoms. The summed E-state index contributed by atoms with van der Waals surface area (Å²) in [6.07, 6.45) is 0. The second kappa shape index (κ2) is 10.1. The lowest BCUT2D eigenvalue weighted by Gasteiger charge is -2.10. The van der Waals surface area contributed by atoms with Gasteiger partial charge in [-0.1, -0.05) is 77.8 Å². The zero-order valence-electron chi connectivity index (χ0n) is 20.0. The summed E-state index contributed by atoms with van der Waals surface area (Å²) in [5.74, 6) is 0.240. The topological polar surface area (TPSA) is 54.9 Å². The van der Waals surface area contributed by atoms with E-state index in [-0.39, 0.29) is 5.91 Å². The summed E-state index contributed by atoms with van der Waals surface area (Å²) < 4.78 is 0.877. The van der Waals surface area contributed by atoms with Gasteiger partial charge >= 0.3 is 0 Å². The monoisotopic (exact) mass is 575 g/mol. The number of carbonyl (C=O) groups is 1. The van der Waals surface area contributed by atoms with Crippen molar-refractivity contribution in [1.29, 1.82) is 0 Å². The number of carbonyl (C=O) groups excluding carboxylic acids is 1. The van der Waals surface area contributed by atoms with Crippen molar-refractivity contribution in [2.75, 3.05) is 5.32 Å². The van der Waals surface area contributed by atoms with Crippen LogP contribution in [0.4, 0.5) is 5.13 Å². The van der Waals surface area contributed by atoms with Gasteiger partial charge in [0.05, 0.1) is 22.5 Å². The van der Waals surface area contributed by atoms with Crippen molar-refractivity contribution in [2.45, 2.75) is 26.7 Å². The molecule has 0 atom stereocenters. The minimum atomic E-state index is -0.230. The van der Waals surface area contributed by atoms with Gasteiger partial charge in [0, 0.05) is 30.9 Å². The number of amides is 1. The van der Waals surface area contributed by atoms with Crippen molar-refractivity contribution in [1.82, 2.24) is 9.97 Å². The molecule has 0 aliphatic heterocycles. The van der Waals surface area contributed by atoms with Crippen LogP contribution in [0.5, 0.6) is 0 Å². The zero-order valence-corrected chi connectivity index (χ0v) is 23.1. The number of rotatable bonds is 5. The number of pyridine rings is 1. The Bertz CT molecular complexity index is 1580. The van der Waals surface area contributed by atoms with Crippen LogP contribution in [0.1, 0.15) is 40.6 Å². The van der Waals surface area contributed by atoms with Gasteiger partial charge in [-0.25, -0.2) is 9.97 Å². The number of aromatic nitrogens is 2. The van der Waals surface area contributed by atoms with Gasteiger partial charge in [-0.15, -0.1) is 11.3 Å². The molecule has 3 aromatic carbocycles. The Morgan fingerprint density at radius 3 is 2.33 bits per heavy atom. The van der Waals surface area contributed by atoms with Gasteiger partial charge < -0.3 is 0 Å². The number of nitrogens with zero attached hydrogens (tertiary/aromatic N) is 2. The number of nitrogens with one attached hydrogen (secondary N) is 1.